The van der Waals surface area contributed by atoms with Gasteiger partial charge in [0.1, 0.15) is 9.09 Å². The molecule has 0 amide bonds. The van der Waals surface area contributed by atoms with Crippen LogP contribution in [0.25, 0.3) is 0 Å². The predicted octanol–water partition coefficient (Wildman–Crippen LogP) is 2.37. The molecular weight excluding hydrogens is 332 g/mol. The van der Waals surface area contributed by atoms with Crippen molar-refractivity contribution in [2.75, 3.05) is 18.0 Å². The molecule has 112 valence electrons. The van der Waals surface area contributed by atoms with Crippen molar-refractivity contribution in [2.45, 2.75) is 4.21 Å². The second kappa shape index (κ2) is 6.37. The quantitative estimate of drug-likeness (QED) is 0.594. The molecule has 0 fully saturated rings. The van der Waals surface area contributed by atoms with Gasteiger partial charge < -0.3 is 4.74 Å². The Morgan fingerprint density at radius 3 is 2.90 bits per heavy atom. The lowest BCUT2D eigenvalue weighted by atomic mass is 10.6. The number of sulfonamides is 1. The first kappa shape index (κ1) is 15.7. The normalized spacial score (nSPS) is 11.1. The Morgan fingerprint density at radius 2 is 2.33 bits per heavy atom. The summed E-state index contributed by atoms with van der Waals surface area (Å²) in [6.45, 7) is 3.63. The number of thiazole rings is 1. The molecule has 0 saturated carbocycles. The van der Waals surface area contributed by atoms with Gasteiger partial charge in [0, 0.05) is 0 Å². The minimum Gasteiger partial charge on any atom is -0.465 e. The predicted molar refractivity (Wildman–Crippen MR) is 82.5 cm³/mol. The lowest BCUT2D eigenvalue weighted by Gasteiger charge is -2.18. The van der Waals surface area contributed by atoms with Crippen LogP contribution in [0.4, 0.5) is 5.13 Å². The molecule has 0 radical (unpaired) electrons. The Bertz CT molecular complexity index is 734. The van der Waals surface area contributed by atoms with Gasteiger partial charge in [0.2, 0.25) is 0 Å². The van der Waals surface area contributed by atoms with Crippen molar-refractivity contribution in [2.24, 2.45) is 0 Å². The highest BCUT2D eigenvalue weighted by atomic mass is 32.2. The van der Waals surface area contributed by atoms with Crippen molar-refractivity contribution in [3.05, 3.63) is 41.2 Å². The maximum atomic E-state index is 12.6. The van der Waals surface area contributed by atoms with Crippen LogP contribution < -0.4 is 4.31 Å². The van der Waals surface area contributed by atoms with Crippen LogP contribution in [0.5, 0.6) is 0 Å². The fourth-order valence-electron chi connectivity index (χ4n) is 1.49. The van der Waals surface area contributed by atoms with Crippen LogP contribution in [-0.2, 0) is 14.8 Å². The minimum atomic E-state index is -3.72. The number of anilines is 1. The number of carbonyl (C=O) groups is 1. The van der Waals surface area contributed by atoms with E-state index in [9.17, 15) is 13.2 Å². The molecule has 0 N–H and O–H groups in total. The van der Waals surface area contributed by atoms with Gasteiger partial charge in [-0.3, -0.25) is 0 Å². The van der Waals surface area contributed by atoms with Gasteiger partial charge in [-0.25, -0.2) is 22.5 Å². The number of hydrogen-bond acceptors (Lipinski definition) is 7. The molecule has 0 spiro atoms. The standard InChI is InChI=1S/C12H12N2O4S3/c1-3-6-14(21(16,17)10-5-4-7-19-10)12-13-8-9(20-12)11(15)18-2/h3-5,7-8H,1,6H2,2H3. The van der Waals surface area contributed by atoms with E-state index in [2.05, 4.69) is 16.3 Å². The van der Waals surface area contributed by atoms with Crippen LogP contribution in [0.3, 0.4) is 0 Å². The molecular formula is C12H12N2O4S3. The van der Waals surface area contributed by atoms with E-state index in [1.54, 1.807) is 11.4 Å². The van der Waals surface area contributed by atoms with Crippen molar-refractivity contribution >= 4 is 43.8 Å². The molecule has 9 heteroatoms. The summed E-state index contributed by atoms with van der Waals surface area (Å²) in [6.07, 6.45) is 2.76. The summed E-state index contributed by atoms with van der Waals surface area (Å²) in [4.78, 5) is 15.7. The molecule has 21 heavy (non-hydrogen) atoms. The molecule has 0 aliphatic heterocycles. The lowest BCUT2D eigenvalue weighted by molar-refractivity contribution is 0.0606. The summed E-state index contributed by atoms with van der Waals surface area (Å²) in [5.74, 6) is -0.550. The zero-order valence-corrected chi connectivity index (χ0v) is 13.5. The van der Waals surface area contributed by atoms with Crippen molar-refractivity contribution in [1.29, 1.82) is 0 Å². The van der Waals surface area contributed by atoms with Gasteiger partial charge in [-0.15, -0.1) is 17.9 Å². The summed E-state index contributed by atoms with van der Waals surface area (Å²) in [6, 6.07) is 3.18. The molecule has 6 nitrogen and oxygen atoms in total. The second-order valence-electron chi connectivity index (χ2n) is 3.76. The SMILES string of the molecule is C=CCN(c1ncc(C(=O)OC)s1)S(=O)(=O)c1cccs1. The van der Waals surface area contributed by atoms with Crippen LogP contribution in [0, 0.1) is 0 Å². The van der Waals surface area contributed by atoms with E-state index in [1.165, 1.54) is 25.4 Å². The Balaban J connectivity index is 2.42. The molecule has 0 aromatic carbocycles. The number of aromatic nitrogens is 1. The molecule has 0 unspecified atom stereocenters. The number of esters is 1. The smallest absolute Gasteiger partial charge is 0.349 e. The highest BCUT2D eigenvalue weighted by Gasteiger charge is 2.28. The highest BCUT2D eigenvalue weighted by molar-refractivity contribution is 7.95. The first-order valence-corrected chi connectivity index (χ1v) is 8.85. The molecule has 2 heterocycles. The van der Waals surface area contributed by atoms with E-state index in [-0.39, 0.29) is 20.8 Å². The Morgan fingerprint density at radius 1 is 1.57 bits per heavy atom. The zero-order chi connectivity index (χ0) is 15.5. The molecule has 2 rings (SSSR count). The van der Waals surface area contributed by atoms with Gasteiger partial charge >= 0.3 is 5.97 Å². The maximum Gasteiger partial charge on any atom is 0.349 e. The zero-order valence-electron chi connectivity index (χ0n) is 11.1. The lowest BCUT2D eigenvalue weighted by Crippen LogP contribution is -2.30. The fraction of sp³-hybridized carbons (Fsp3) is 0.167. The molecule has 0 saturated heterocycles. The number of carbonyl (C=O) groups excluding carboxylic acids is 1. The van der Waals surface area contributed by atoms with E-state index >= 15 is 0 Å². The maximum absolute atomic E-state index is 12.6. The molecule has 2 aromatic rings. The molecule has 0 aliphatic rings. The van der Waals surface area contributed by atoms with Crippen molar-refractivity contribution in [3.63, 3.8) is 0 Å². The number of thiophene rings is 1. The van der Waals surface area contributed by atoms with Crippen molar-refractivity contribution in [1.82, 2.24) is 4.98 Å². The first-order chi connectivity index (χ1) is 10.0. The summed E-state index contributed by atoms with van der Waals surface area (Å²) >= 11 is 2.07. The highest BCUT2D eigenvalue weighted by Crippen LogP contribution is 2.30. The monoisotopic (exact) mass is 344 g/mol. The van der Waals surface area contributed by atoms with Crippen molar-refractivity contribution in [3.8, 4) is 0 Å². The Hall–Kier alpha value is -1.71. The van der Waals surface area contributed by atoms with Gasteiger partial charge in [-0.2, -0.15) is 0 Å². The average Bonchev–Trinajstić information content (AvgIpc) is 3.14. The summed E-state index contributed by atoms with van der Waals surface area (Å²) in [5.41, 5.74) is 0. The van der Waals surface area contributed by atoms with Gasteiger partial charge in [-0.05, 0) is 11.4 Å². The van der Waals surface area contributed by atoms with Gasteiger partial charge in [0.15, 0.2) is 5.13 Å². The summed E-state index contributed by atoms with van der Waals surface area (Å²) in [7, 11) is -2.46. The molecule has 0 aliphatic carbocycles. The minimum absolute atomic E-state index is 0.0638. The molecule has 0 atom stereocenters. The van der Waals surface area contributed by atoms with Gasteiger partial charge in [-0.1, -0.05) is 23.5 Å². The van der Waals surface area contributed by atoms with E-state index in [0.29, 0.717) is 0 Å². The van der Waals surface area contributed by atoms with Crippen LogP contribution in [0.1, 0.15) is 9.67 Å². The first-order valence-electron chi connectivity index (χ1n) is 5.72. The van der Waals surface area contributed by atoms with E-state index in [4.69, 9.17) is 0 Å². The molecule has 0 bridgehead atoms. The van der Waals surface area contributed by atoms with Gasteiger partial charge in [0.05, 0.1) is 19.9 Å². The van der Waals surface area contributed by atoms with Crippen LogP contribution in [0.2, 0.25) is 0 Å². The topological polar surface area (TPSA) is 76.6 Å². The summed E-state index contributed by atoms with van der Waals surface area (Å²) in [5, 5.41) is 1.88. The van der Waals surface area contributed by atoms with Crippen LogP contribution >= 0.6 is 22.7 Å². The van der Waals surface area contributed by atoms with Crippen LogP contribution in [-0.4, -0.2) is 33.0 Å². The Labute approximate surface area is 130 Å². The third-order valence-corrected chi connectivity index (χ3v) is 6.67. The average molecular weight is 344 g/mol. The summed E-state index contributed by atoms with van der Waals surface area (Å²) < 4.78 is 31.1. The van der Waals surface area contributed by atoms with E-state index in [1.807, 2.05) is 0 Å². The molecule has 2 aromatic heterocycles. The largest absolute Gasteiger partial charge is 0.465 e. The third kappa shape index (κ3) is 3.14. The fourth-order valence-corrected chi connectivity index (χ4v) is 5.04. The number of rotatable bonds is 6. The third-order valence-electron chi connectivity index (χ3n) is 2.43. The van der Waals surface area contributed by atoms with E-state index < -0.39 is 16.0 Å². The second-order valence-corrected chi connectivity index (χ2v) is 7.80. The Kier molecular flexibility index (Phi) is 4.76. The number of methoxy groups -OCH3 is 1. The van der Waals surface area contributed by atoms with Crippen molar-refractivity contribution < 1.29 is 17.9 Å². The van der Waals surface area contributed by atoms with Crippen LogP contribution in [0.15, 0.2) is 40.6 Å². The number of nitrogens with zero attached hydrogens (tertiary/aromatic N) is 2. The van der Waals surface area contributed by atoms with Gasteiger partial charge in [0.25, 0.3) is 10.0 Å². The number of ether oxygens (including phenoxy) is 1. The van der Waals surface area contributed by atoms with E-state index in [0.717, 1.165) is 27.0 Å². The number of hydrogen-bond donors (Lipinski definition) is 0.